The van der Waals surface area contributed by atoms with Gasteiger partial charge in [0.2, 0.25) is 0 Å². The fraction of sp³-hybridized carbons (Fsp3) is 0.167. The molecule has 1 N–H and O–H groups in total. The zero-order valence-electron chi connectivity index (χ0n) is 9.67. The minimum atomic E-state index is -0.215. The number of aryl methyl sites for hydroxylation is 1. The molecule has 0 spiro atoms. The summed E-state index contributed by atoms with van der Waals surface area (Å²) in [5.74, 6) is -0.215. The maximum atomic E-state index is 11.8. The summed E-state index contributed by atoms with van der Waals surface area (Å²) in [6.07, 6.45) is 5.92. The van der Waals surface area contributed by atoms with Crippen molar-refractivity contribution in [1.82, 2.24) is 9.97 Å². The molecule has 0 saturated carbocycles. The van der Waals surface area contributed by atoms with E-state index in [0.29, 0.717) is 17.2 Å². The van der Waals surface area contributed by atoms with Gasteiger partial charge in [-0.15, -0.1) is 0 Å². The first kappa shape index (κ1) is 11.0. The number of allylic oxidation sites excluding steroid dienone is 1. The Morgan fingerprint density at radius 3 is 3.17 bits per heavy atom. The van der Waals surface area contributed by atoms with Gasteiger partial charge in [-0.25, -0.2) is 4.98 Å². The monoisotopic (exact) mass is 258 g/mol. The van der Waals surface area contributed by atoms with Crippen LogP contribution in [0.4, 0.5) is 5.13 Å². The molecule has 0 radical (unpaired) electrons. The number of carbonyl (C=O) groups is 1. The average Bonchev–Trinajstić information content (AvgIpc) is 2.95. The van der Waals surface area contributed by atoms with Gasteiger partial charge < -0.3 is 0 Å². The van der Waals surface area contributed by atoms with Crippen LogP contribution in [0.15, 0.2) is 29.0 Å². The van der Waals surface area contributed by atoms with E-state index < -0.39 is 0 Å². The van der Waals surface area contributed by atoms with Crippen LogP contribution in [0.2, 0.25) is 0 Å². The topological polar surface area (TPSA) is 67.2 Å². The van der Waals surface area contributed by atoms with Crippen molar-refractivity contribution in [3.05, 3.63) is 29.7 Å². The third-order valence-electron chi connectivity index (χ3n) is 2.51. The van der Waals surface area contributed by atoms with Gasteiger partial charge in [0.1, 0.15) is 11.2 Å². The van der Waals surface area contributed by atoms with Gasteiger partial charge in [0, 0.05) is 18.3 Å². The number of aromatic nitrogens is 2. The second-order valence-electron chi connectivity index (χ2n) is 3.90. The molecule has 0 aliphatic carbocycles. The second kappa shape index (κ2) is 4.30. The van der Waals surface area contributed by atoms with Gasteiger partial charge >= 0.3 is 0 Å². The highest BCUT2D eigenvalue weighted by Crippen LogP contribution is 2.26. The SMILES string of the molecule is Cc1cc2sc(NC(=O)C3=CCC=N3)nc2cn1. The van der Waals surface area contributed by atoms with E-state index in [9.17, 15) is 4.79 Å². The number of carbonyl (C=O) groups excluding carboxylic acids is 1. The van der Waals surface area contributed by atoms with Crippen LogP contribution in [0.25, 0.3) is 10.2 Å². The van der Waals surface area contributed by atoms with Crippen molar-refractivity contribution >= 4 is 38.8 Å². The van der Waals surface area contributed by atoms with Crippen LogP contribution >= 0.6 is 11.3 Å². The van der Waals surface area contributed by atoms with Crippen LogP contribution in [-0.2, 0) is 4.79 Å². The molecule has 6 heteroatoms. The van der Waals surface area contributed by atoms with Crippen molar-refractivity contribution in [2.45, 2.75) is 13.3 Å². The number of nitrogens with one attached hydrogen (secondary N) is 1. The van der Waals surface area contributed by atoms with Gasteiger partial charge in [0.05, 0.1) is 10.9 Å². The molecule has 90 valence electrons. The number of rotatable bonds is 2. The number of hydrogen-bond donors (Lipinski definition) is 1. The summed E-state index contributed by atoms with van der Waals surface area (Å²) in [6.45, 7) is 1.93. The molecule has 18 heavy (non-hydrogen) atoms. The number of nitrogens with zero attached hydrogens (tertiary/aromatic N) is 3. The largest absolute Gasteiger partial charge is 0.296 e. The van der Waals surface area contributed by atoms with E-state index in [-0.39, 0.29) is 5.91 Å². The molecule has 2 aromatic rings. The molecule has 1 amide bonds. The highest BCUT2D eigenvalue weighted by atomic mass is 32.1. The molecule has 0 fully saturated rings. The molecule has 2 aromatic heterocycles. The Morgan fingerprint density at radius 2 is 2.39 bits per heavy atom. The highest BCUT2D eigenvalue weighted by Gasteiger charge is 2.13. The molecule has 3 rings (SSSR count). The third kappa shape index (κ3) is 2.02. The van der Waals surface area contributed by atoms with Gasteiger partial charge in [-0.2, -0.15) is 0 Å². The van der Waals surface area contributed by atoms with Crippen LogP contribution < -0.4 is 5.32 Å². The van der Waals surface area contributed by atoms with E-state index in [4.69, 9.17) is 0 Å². The fourth-order valence-corrected chi connectivity index (χ4v) is 2.59. The van der Waals surface area contributed by atoms with E-state index in [2.05, 4.69) is 20.3 Å². The molecule has 3 heterocycles. The lowest BCUT2D eigenvalue weighted by Gasteiger charge is -1.98. The summed E-state index contributed by atoms with van der Waals surface area (Å²) in [4.78, 5) is 24.3. The van der Waals surface area contributed by atoms with Crippen molar-refractivity contribution < 1.29 is 4.79 Å². The van der Waals surface area contributed by atoms with Gasteiger partial charge in [0.15, 0.2) is 5.13 Å². The molecular weight excluding hydrogens is 248 g/mol. The molecule has 0 aromatic carbocycles. The molecule has 0 saturated heterocycles. The number of fused-ring (bicyclic) bond motifs is 1. The summed E-state index contributed by atoms with van der Waals surface area (Å²) >= 11 is 1.44. The number of hydrogen-bond acceptors (Lipinski definition) is 5. The number of amides is 1. The summed E-state index contributed by atoms with van der Waals surface area (Å²) in [5, 5.41) is 3.33. The smallest absolute Gasteiger partial charge is 0.275 e. The normalized spacial score (nSPS) is 13.9. The summed E-state index contributed by atoms with van der Waals surface area (Å²) in [7, 11) is 0. The number of anilines is 1. The lowest BCUT2D eigenvalue weighted by molar-refractivity contribution is -0.112. The Labute approximate surface area is 107 Å². The van der Waals surface area contributed by atoms with Crippen molar-refractivity contribution in [3.63, 3.8) is 0 Å². The first-order chi connectivity index (χ1) is 8.72. The lowest BCUT2D eigenvalue weighted by atomic mass is 10.4. The Kier molecular flexibility index (Phi) is 2.64. The number of thiazole rings is 1. The molecule has 0 atom stereocenters. The quantitative estimate of drug-likeness (QED) is 0.898. The second-order valence-corrected chi connectivity index (χ2v) is 4.93. The first-order valence-electron chi connectivity index (χ1n) is 5.49. The number of pyridine rings is 1. The van der Waals surface area contributed by atoms with E-state index >= 15 is 0 Å². The zero-order chi connectivity index (χ0) is 12.5. The maximum Gasteiger partial charge on any atom is 0.275 e. The molecule has 1 aliphatic heterocycles. The number of aliphatic imine (C=N–C) groups is 1. The summed E-state index contributed by atoms with van der Waals surface area (Å²) in [5.41, 5.74) is 2.18. The van der Waals surface area contributed by atoms with Crippen LogP contribution in [0.1, 0.15) is 12.1 Å². The Balaban J connectivity index is 1.86. The molecule has 5 nitrogen and oxygen atoms in total. The van der Waals surface area contributed by atoms with Crippen LogP contribution in [0.5, 0.6) is 0 Å². The van der Waals surface area contributed by atoms with Crippen LogP contribution in [-0.4, -0.2) is 22.1 Å². The van der Waals surface area contributed by atoms with Crippen LogP contribution in [0.3, 0.4) is 0 Å². The minimum absolute atomic E-state index is 0.215. The predicted molar refractivity (Wildman–Crippen MR) is 72.0 cm³/mol. The molecule has 0 unspecified atom stereocenters. The third-order valence-corrected chi connectivity index (χ3v) is 3.45. The molecular formula is C12H10N4OS. The van der Waals surface area contributed by atoms with Crippen molar-refractivity contribution in [2.75, 3.05) is 5.32 Å². The zero-order valence-corrected chi connectivity index (χ0v) is 10.5. The van der Waals surface area contributed by atoms with Crippen LogP contribution in [0, 0.1) is 6.92 Å². The van der Waals surface area contributed by atoms with Gasteiger partial charge in [0.25, 0.3) is 5.91 Å². The first-order valence-corrected chi connectivity index (χ1v) is 6.31. The van der Waals surface area contributed by atoms with Gasteiger partial charge in [-0.3, -0.25) is 20.1 Å². The van der Waals surface area contributed by atoms with Gasteiger partial charge in [-0.05, 0) is 19.1 Å². The lowest BCUT2D eigenvalue weighted by Crippen LogP contribution is -2.12. The van der Waals surface area contributed by atoms with Gasteiger partial charge in [-0.1, -0.05) is 11.3 Å². The van der Waals surface area contributed by atoms with Crippen molar-refractivity contribution in [1.29, 1.82) is 0 Å². The molecule has 1 aliphatic rings. The van der Waals surface area contributed by atoms with Crippen molar-refractivity contribution in [3.8, 4) is 0 Å². The minimum Gasteiger partial charge on any atom is -0.296 e. The van der Waals surface area contributed by atoms with E-state index in [1.807, 2.05) is 13.0 Å². The predicted octanol–water partition coefficient (Wildman–Crippen LogP) is 2.30. The summed E-state index contributed by atoms with van der Waals surface area (Å²) < 4.78 is 1.02. The summed E-state index contributed by atoms with van der Waals surface area (Å²) in [6, 6.07) is 1.95. The maximum absolute atomic E-state index is 11.8. The van der Waals surface area contributed by atoms with Crippen molar-refractivity contribution in [2.24, 2.45) is 4.99 Å². The Bertz CT molecular complexity index is 686. The Hall–Kier alpha value is -2.08. The Morgan fingerprint density at radius 1 is 1.50 bits per heavy atom. The highest BCUT2D eigenvalue weighted by molar-refractivity contribution is 7.22. The van der Waals surface area contributed by atoms with E-state index in [1.54, 1.807) is 18.5 Å². The van der Waals surface area contributed by atoms with E-state index in [1.165, 1.54) is 11.3 Å². The fourth-order valence-electron chi connectivity index (χ4n) is 1.66. The molecule has 0 bridgehead atoms. The average molecular weight is 258 g/mol. The van der Waals surface area contributed by atoms with E-state index in [0.717, 1.165) is 15.9 Å². The standard InChI is InChI=1S/C12H10N4OS/c1-7-5-10-9(6-14-7)15-12(18-10)16-11(17)8-3-2-4-13-8/h3-6H,2H2,1H3,(H,15,16,17).